The zero-order valence-corrected chi connectivity index (χ0v) is 8.00. The first-order valence-corrected chi connectivity index (χ1v) is 4.41. The maximum atomic E-state index is 13.1. The summed E-state index contributed by atoms with van der Waals surface area (Å²) in [5.74, 6) is -0.312. The van der Waals surface area contributed by atoms with Gasteiger partial charge < -0.3 is 15.5 Å². The van der Waals surface area contributed by atoms with Crippen molar-refractivity contribution in [2.24, 2.45) is 0 Å². The van der Waals surface area contributed by atoms with Crippen molar-refractivity contribution in [3.8, 4) is 0 Å². The molecule has 78 valence electrons. The van der Waals surface area contributed by atoms with Crippen LogP contribution in [0, 0.1) is 5.82 Å². The Morgan fingerprint density at radius 3 is 2.79 bits per heavy atom. The number of aliphatic hydroxyl groups excluding tert-OH is 2. The Labute approximate surface area is 82.2 Å². The predicted octanol–water partition coefficient (Wildman–Crippen LogP) is 0.571. The minimum atomic E-state index is -0.939. The molecule has 3 N–H and O–H groups in total. The molecule has 0 bridgehead atoms. The third kappa shape index (κ3) is 2.51. The molecule has 0 saturated carbocycles. The van der Waals surface area contributed by atoms with Crippen LogP contribution in [0.4, 0.5) is 4.39 Å². The van der Waals surface area contributed by atoms with Gasteiger partial charge in [-0.05, 0) is 24.7 Å². The Kier molecular flexibility index (Phi) is 4.00. The predicted molar refractivity (Wildman–Crippen MR) is 51.2 cm³/mol. The molecule has 1 aromatic rings. The van der Waals surface area contributed by atoms with Gasteiger partial charge in [-0.15, -0.1) is 0 Å². The van der Waals surface area contributed by atoms with Crippen LogP contribution < -0.4 is 5.32 Å². The molecule has 0 amide bonds. The zero-order chi connectivity index (χ0) is 10.6. The Morgan fingerprint density at radius 1 is 1.50 bits per heavy atom. The number of rotatable bonds is 4. The van der Waals surface area contributed by atoms with Gasteiger partial charge in [-0.1, -0.05) is 6.07 Å². The SMILES string of the molecule is CNCc1cc(C(O)CO)ccc1F. The molecule has 1 aromatic carbocycles. The number of hydrogen-bond acceptors (Lipinski definition) is 3. The van der Waals surface area contributed by atoms with Crippen molar-refractivity contribution in [3.05, 3.63) is 35.1 Å². The van der Waals surface area contributed by atoms with Gasteiger partial charge in [0.15, 0.2) is 0 Å². The highest BCUT2D eigenvalue weighted by atomic mass is 19.1. The molecule has 3 nitrogen and oxygen atoms in total. The fourth-order valence-corrected chi connectivity index (χ4v) is 1.23. The molecule has 4 heteroatoms. The molecule has 0 fully saturated rings. The van der Waals surface area contributed by atoms with E-state index in [1.807, 2.05) is 0 Å². The highest BCUT2D eigenvalue weighted by Crippen LogP contribution is 2.16. The van der Waals surface area contributed by atoms with Crippen molar-refractivity contribution in [1.82, 2.24) is 5.32 Å². The topological polar surface area (TPSA) is 52.5 Å². The van der Waals surface area contributed by atoms with Crippen LogP contribution in [0.1, 0.15) is 17.2 Å². The summed E-state index contributed by atoms with van der Waals surface area (Å²) in [6.45, 7) is 0.0441. The first-order valence-electron chi connectivity index (χ1n) is 4.41. The minimum Gasteiger partial charge on any atom is -0.393 e. The van der Waals surface area contributed by atoms with Crippen LogP contribution in [0.15, 0.2) is 18.2 Å². The molecular formula is C10H14FNO2. The maximum Gasteiger partial charge on any atom is 0.127 e. The number of aliphatic hydroxyl groups is 2. The van der Waals surface area contributed by atoms with Crippen molar-refractivity contribution in [2.45, 2.75) is 12.6 Å². The second-order valence-electron chi connectivity index (χ2n) is 3.08. The average Bonchev–Trinajstić information content (AvgIpc) is 2.20. The number of halogens is 1. The van der Waals surface area contributed by atoms with Crippen molar-refractivity contribution in [2.75, 3.05) is 13.7 Å². The van der Waals surface area contributed by atoms with Gasteiger partial charge in [-0.2, -0.15) is 0 Å². The van der Waals surface area contributed by atoms with Gasteiger partial charge >= 0.3 is 0 Å². The Morgan fingerprint density at radius 2 is 2.21 bits per heavy atom. The van der Waals surface area contributed by atoms with Gasteiger partial charge in [-0.25, -0.2) is 4.39 Å². The summed E-state index contributed by atoms with van der Waals surface area (Å²) in [6, 6.07) is 4.31. The third-order valence-corrected chi connectivity index (χ3v) is 1.99. The fourth-order valence-electron chi connectivity index (χ4n) is 1.23. The summed E-state index contributed by atoms with van der Waals surface area (Å²) in [4.78, 5) is 0. The number of nitrogens with one attached hydrogen (secondary N) is 1. The third-order valence-electron chi connectivity index (χ3n) is 1.99. The zero-order valence-electron chi connectivity index (χ0n) is 8.00. The van der Waals surface area contributed by atoms with E-state index in [4.69, 9.17) is 5.11 Å². The van der Waals surface area contributed by atoms with E-state index in [9.17, 15) is 9.50 Å². The van der Waals surface area contributed by atoms with Gasteiger partial charge in [0.1, 0.15) is 11.9 Å². The first kappa shape index (κ1) is 11.1. The van der Waals surface area contributed by atoms with Gasteiger partial charge in [0, 0.05) is 12.1 Å². The minimum absolute atomic E-state index is 0.312. The summed E-state index contributed by atoms with van der Waals surface area (Å²) in [7, 11) is 1.72. The normalized spacial score (nSPS) is 12.9. The highest BCUT2D eigenvalue weighted by Gasteiger charge is 2.08. The van der Waals surface area contributed by atoms with Crippen molar-refractivity contribution < 1.29 is 14.6 Å². The van der Waals surface area contributed by atoms with Gasteiger partial charge in [0.25, 0.3) is 0 Å². The molecule has 1 rings (SSSR count). The molecule has 14 heavy (non-hydrogen) atoms. The van der Waals surface area contributed by atoms with Gasteiger partial charge in [0.05, 0.1) is 6.61 Å². The molecule has 0 aliphatic heterocycles. The average molecular weight is 199 g/mol. The van der Waals surface area contributed by atoms with Gasteiger partial charge in [0.2, 0.25) is 0 Å². The van der Waals surface area contributed by atoms with Crippen LogP contribution in [-0.2, 0) is 6.54 Å². The Bertz CT molecular complexity index is 304. The lowest BCUT2D eigenvalue weighted by molar-refractivity contribution is 0.0955. The molecule has 0 heterocycles. The Balaban J connectivity index is 2.93. The quantitative estimate of drug-likeness (QED) is 0.664. The lowest BCUT2D eigenvalue weighted by atomic mass is 10.1. The largest absolute Gasteiger partial charge is 0.393 e. The summed E-state index contributed by atoms with van der Waals surface area (Å²) in [5.41, 5.74) is 1.01. The number of hydrogen-bond donors (Lipinski definition) is 3. The molecule has 0 spiro atoms. The van der Waals surface area contributed by atoms with Crippen LogP contribution in [0.25, 0.3) is 0 Å². The van der Waals surface area contributed by atoms with Crippen LogP contribution >= 0.6 is 0 Å². The van der Waals surface area contributed by atoms with Crippen molar-refractivity contribution in [3.63, 3.8) is 0 Å². The molecule has 0 aliphatic carbocycles. The van der Waals surface area contributed by atoms with E-state index in [0.29, 0.717) is 17.7 Å². The van der Waals surface area contributed by atoms with Crippen molar-refractivity contribution in [1.29, 1.82) is 0 Å². The molecule has 0 aromatic heterocycles. The second-order valence-corrected chi connectivity index (χ2v) is 3.08. The lowest BCUT2D eigenvalue weighted by Crippen LogP contribution is -2.09. The molecular weight excluding hydrogens is 185 g/mol. The number of benzene rings is 1. The van der Waals surface area contributed by atoms with E-state index in [1.54, 1.807) is 13.1 Å². The highest BCUT2D eigenvalue weighted by molar-refractivity contribution is 5.26. The van der Waals surface area contributed by atoms with Crippen LogP contribution in [-0.4, -0.2) is 23.9 Å². The smallest absolute Gasteiger partial charge is 0.127 e. The van der Waals surface area contributed by atoms with Crippen molar-refractivity contribution >= 4 is 0 Å². The van der Waals surface area contributed by atoms with Crippen LogP contribution in [0.5, 0.6) is 0 Å². The fraction of sp³-hybridized carbons (Fsp3) is 0.400. The van der Waals surface area contributed by atoms with E-state index in [-0.39, 0.29) is 12.4 Å². The summed E-state index contributed by atoms with van der Waals surface area (Å²) in [6.07, 6.45) is -0.939. The van der Waals surface area contributed by atoms with E-state index in [2.05, 4.69) is 5.32 Å². The molecule has 0 saturated heterocycles. The molecule has 1 unspecified atom stereocenters. The van der Waals surface area contributed by atoms with Crippen LogP contribution in [0.3, 0.4) is 0 Å². The molecule has 1 atom stereocenters. The summed E-state index contributed by atoms with van der Waals surface area (Å²) >= 11 is 0. The summed E-state index contributed by atoms with van der Waals surface area (Å²) in [5, 5.41) is 20.9. The second kappa shape index (κ2) is 5.05. The van der Waals surface area contributed by atoms with Crippen LogP contribution in [0.2, 0.25) is 0 Å². The Hall–Kier alpha value is -0.970. The van der Waals surface area contributed by atoms with E-state index >= 15 is 0 Å². The van der Waals surface area contributed by atoms with E-state index < -0.39 is 6.10 Å². The molecule has 0 aliphatic rings. The summed E-state index contributed by atoms with van der Waals surface area (Å²) < 4.78 is 13.1. The maximum absolute atomic E-state index is 13.1. The standard InChI is InChI=1S/C10H14FNO2/c1-12-5-8-4-7(10(14)6-13)2-3-9(8)11/h2-4,10,12-14H,5-6H2,1H3. The van der Waals surface area contributed by atoms with Gasteiger partial charge in [-0.3, -0.25) is 0 Å². The first-order chi connectivity index (χ1) is 6.69. The monoisotopic (exact) mass is 199 g/mol. The van der Waals surface area contributed by atoms with E-state index in [1.165, 1.54) is 12.1 Å². The van der Waals surface area contributed by atoms with E-state index in [0.717, 1.165) is 0 Å². The lowest BCUT2D eigenvalue weighted by Gasteiger charge is -2.10. The molecule has 0 radical (unpaired) electrons.